The Bertz CT molecular complexity index is 923. The molecule has 2 amide bonds. The minimum atomic E-state index is -0.268. The van der Waals surface area contributed by atoms with Gasteiger partial charge in [0.2, 0.25) is 11.8 Å². The lowest BCUT2D eigenvalue weighted by Gasteiger charge is -2.37. The lowest BCUT2D eigenvalue weighted by Crippen LogP contribution is -2.53. The van der Waals surface area contributed by atoms with Crippen LogP contribution in [0.15, 0.2) is 42.5 Å². The first-order valence-electron chi connectivity index (χ1n) is 10.7. The van der Waals surface area contributed by atoms with Gasteiger partial charge >= 0.3 is 0 Å². The Morgan fingerprint density at radius 3 is 2.35 bits per heavy atom. The first-order chi connectivity index (χ1) is 14.9. The molecule has 2 aromatic rings. The summed E-state index contributed by atoms with van der Waals surface area (Å²) < 4.78 is 5.31. The van der Waals surface area contributed by atoms with Crippen LogP contribution in [0.4, 0.5) is 11.4 Å². The van der Waals surface area contributed by atoms with E-state index in [1.807, 2.05) is 63.2 Å². The van der Waals surface area contributed by atoms with Crippen molar-refractivity contribution in [3.05, 3.63) is 53.6 Å². The number of anilines is 2. The van der Waals surface area contributed by atoms with Gasteiger partial charge in [0, 0.05) is 31.9 Å². The third-order valence-electron chi connectivity index (χ3n) is 5.94. The van der Waals surface area contributed by atoms with Crippen LogP contribution in [0, 0.1) is 13.8 Å². The minimum Gasteiger partial charge on any atom is -0.495 e. The second-order valence-corrected chi connectivity index (χ2v) is 7.97. The van der Waals surface area contributed by atoms with E-state index < -0.39 is 0 Å². The number of ether oxygens (including phenoxy) is 1. The molecule has 1 heterocycles. The standard InChI is InChI=1S/C24H32N4O3/c1-17-8-7-10-20(18(17)2)25-23(29)16-27-12-14-28(15-13-27)19(3)24(30)26-21-9-5-6-11-22(21)31-4/h5-11,19H,12-16H2,1-4H3,(H,25,29)(H,26,30)/t19-/m0/s1. The van der Waals surface area contributed by atoms with Crippen molar-refractivity contribution < 1.29 is 14.3 Å². The van der Waals surface area contributed by atoms with Crippen molar-refractivity contribution >= 4 is 23.2 Å². The number of hydrogen-bond donors (Lipinski definition) is 2. The summed E-state index contributed by atoms with van der Waals surface area (Å²) in [6.07, 6.45) is 0. The summed E-state index contributed by atoms with van der Waals surface area (Å²) >= 11 is 0. The van der Waals surface area contributed by atoms with Crippen LogP contribution >= 0.6 is 0 Å². The van der Waals surface area contributed by atoms with Crippen LogP contribution < -0.4 is 15.4 Å². The molecule has 2 aromatic carbocycles. The van der Waals surface area contributed by atoms with Crippen molar-refractivity contribution in [1.82, 2.24) is 9.80 Å². The fraction of sp³-hybridized carbons (Fsp3) is 0.417. The SMILES string of the molecule is COc1ccccc1NC(=O)[C@H](C)N1CCN(CC(=O)Nc2cccc(C)c2C)CC1. The zero-order valence-electron chi connectivity index (χ0n) is 18.8. The van der Waals surface area contributed by atoms with Crippen molar-refractivity contribution in [2.24, 2.45) is 0 Å². The van der Waals surface area contributed by atoms with Gasteiger partial charge in [-0.05, 0) is 50.1 Å². The number of aryl methyl sites for hydroxylation is 1. The Morgan fingerprint density at radius 1 is 0.968 bits per heavy atom. The van der Waals surface area contributed by atoms with Gasteiger partial charge in [-0.1, -0.05) is 24.3 Å². The van der Waals surface area contributed by atoms with Crippen LogP contribution in [0.3, 0.4) is 0 Å². The van der Waals surface area contributed by atoms with E-state index in [1.165, 1.54) is 0 Å². The molecular formula is C24H32N4O3. The maximum absolute atomic E-state index is 12.7. The quantitative estimate of drug-likeness (QED) is 0.715. The molecule has 0 radical (unpaired) electrons. The summed E-state index contributed by atoms with van der Waals surface area (Å²) in [5.74, 6) is 0.567. The van der Waals surface area contributed by atoms with E-state index in [1.54, 1.807) is 7.11 Å². The van der Waals surface area contributed by atoms with Crippen LogP contribution in [0.5, 0.6) is 5.75 Å². The summed E-state index contributed by atoms with van der Waals surface area (Å²) in [6.45, 7) is 9.26. The third kappa shape index (κ3) is 5.83. The molecule has 31 heavy (non-hydrogen) atoms. The van der Waals surface area contributed by atoms with E-state index in [4.69, 9.17) is 4.74 Å². The molecule has 1 aliphatic rings. The van der Waals surface area contributed by atoms with Gasteiger partial charge in [-0.25, -0.2) is 0 Å². The summed E-state index contributed by atoms with van der Waals surface area (Å²) in [7, 11) is 1.59. The molecule has 0 bridgehead atoms. The second kappa shape index (κ2) is 10.4. The molecule has 1 fully saturated rings. The van der Waals surface area contributed by atoms with Gasteiger partial charge in [-0.3, -0.25) is 19.4 Å². The molecule has 3 rings (SSSR count). The lowest BCUT2D eigenvalue weighted by atomic mass is 10.1. The van der Waals surface area contributed by atoms with Gasteiger partial charge in [0.25, 0.3) is 0 Å². The topological polar surface area (TPSA) is 73.9 Å². The summed E-state index contributed by atoms with van der Waals surface area (Å²) in [5, 5.41) is 5.97. The molecule has 0 aliphatic carbocycles. The first-order valence-corrected chi connectivity index (χ1v) is 10.7. The van der Waals surface area contributed by atoms with E-state index in [0.717, 1.165) is 43.0 Å². The van der Waals surface area contributed by atoms with Gasteiger partial charge in [0.05, 0.1) is 25.4 Å². The molecule has 1 atom stereocenters. The van der Waals surface area contributed by atoms with E-state index >= 15 is 0 Å². The molecule has 2 N–H and O–H groups in total. The highest BCUT2D eigenvalue weighted by Gasteiger charge is 2.26. The number of nitrogens with one attached hydrogen (secondary N) is 2. The van der Waals surface area contributed by atoms with Crippen molar-refractivity contribution in [3.8, 4) is 5.75 Å². The Morgan fingerprint density at radius 2 is 1.65 bits per heavy atom. The zero-order valence-corrected chi connectivity index (χ0v) is 18.8. The highest BCUT2D eigenvalue weighted by Crippen LogP contribution is 2.23. The fourth-order valence-electron chi connectivity index (χ4n) is 3.74. The minimum absolute atomic E-state index is 0.0101. The number of nitrogens with zero attached hydrogens (tertiary/aromatic N) is 2. The molecule has 166 valence electrons. The average molecular weight is 425 g/mol. The van der Waals surface area contributed by atoms with Crippen molar-refractivity contribution in [2.75, 3.05) is 50.5 Å². The third-order valence-corrected chi connectivity index (χ3v) is 5.94. The van der Waals surface area contributed by atoms with E-state index in [2.05, 4.69) is 20.4 Å². The van der Waals surface area contributed by atoms with Crippen molar-refractivity contribution in [1.29, 1.82) is 0 Å². The fourth-order valence-corrected chi connectivity index (χ4v) is 3.74. The molecule has 1 aliphatic heterocycles. The van der Waals surface area contributed by atoms with Crippen LogP contribution in [0.1, 0.15) is 18.1 Å². The molecule has 1 saturated heterocycles. The van der Waals surface area contributed by atoms with Gasteiger partial charge in [0.15, 0.2) is 0 Å². The number of amides is 2. The Hall–Kier alpha value is -2.90. The summed E-state index contributed by atoms with van der Waals surface area (Å²) in [6, 6.07) is 13.0. The smallest absolute Gasteiger partial charge is 0.241 e. The molecule has 0 saturated carbocycles. The normalized spacial score (nSPS) is 15.9. The molecule has 0 spiro atoms. The highest BCUT2D eigenvalue weighted by atomic mass is 16.5. The van der Waals surface area contributed by atoms with Crippen LogP contribution in [-0.4, -0.2) is 67.5 Å². The maximum Gasteiger partial charge on any atom is 0.241 e. The van der Waals surface area contributed by atoms with Gasteiger partial charge < -0.3 is 15.4 Å². The van der Waals surface area contributed by atoms with Crippen LogP contribution in [0.2, 0.25) is 0 Å². The van der Waals surface area contributed by atoms with Crippen molar-refractivity contribution in [3.63, 3.8) is 0 Å². The van der Waals surface area contributed by atoms with Crippen LogP contribution in [0.25, 0.3) is 0 Å². The monoisotopic (exact) mass is 424 g/mol. The van der Waals surface area contributed by atoms with E-state index in [9.17, 15) is 9.59 Å². The second-order valence-electron chi connectivity index (χ2n) is 7.97. The predicted molar refractivity (Wildman–Crippen MR) is 124 cm³/mol. The molecule has 0 aromatic heterocycles. The molecule has 7 heteroatoms. The Labute approximate surface area is 184 Å². The number of para-hydroxylation sites is 2. The largest absolute Gasteiger partial charge is 0.495 e. The van der Waals surface area contributed by atoms with Gasteiger partial charge in [0.1, 0.15) is 5.75 Å². The molecule has 7 nitrogen and oxygen atoms in total. The number of rotatable bonds is 7. The highest BCUT2D eigenvalue weighted by molar-refractivity contribution is 5.96. The summed E-state index contributed by atoms with van der Waals surface area (Å²) in [4.78, 5) is 29.5. The Balaban J connectivity index is 1.48. The lowest BCUT2D eigenvalue weighted by molar-refractivity contribution is -0.122. The van der Waals surface area contributed by atoms with E-state index in [0.29, 0.717) is 18.0 Å². The average Bonchev–Trinajstić information content (AvgIpc) is 2.77. The van der Waals surface area contributed by atoms with E-state index in [-0.39, 0.29) is 17.9 Å². The van der Waals surface area contributed by atoms with Gasteiger partial charge in [-0.15, -0.1) is 0 Å². The molecular weight excluding hydrogens is 392 g/mol. The zero-order chi connectivity index (χ0) is 22.4. The number of carbonyl (C=O) groups is 2. The number of piperazine rings is 1. The van der Waals surface area contributed by atoms with Crippen molar-refractivity contribution in [2.45, 2.75) is 26.8 Å². The predicted octanol–water partition coefficient (Wildman–Crippen LogP) is 2.90. The number of hydrogen-bond acceptors (Lipinski definition) is 5. The van der Waals surface area contributed by atoms with Gasteiger partial charge in [-0.2, -0.15) is 0 Å². The summed E-state index contributed by atoms with van der Waals surface area (Å²) in [5.41, 5.74) is 3.79. The molecule has 0 unspecified atom stereocenters. The first kappa shape index (κ1) is 22.8. The van der Waals surface area contributed by atoms with Crippen LogP contribution in [-0.2, 0) is 9.59 Å². The number of benzene rings is 2. The maximum atomic E-state index is 12.7. The number of carbonyl (C=O) groups excluding carboxylic acids is 2. The Kier molecular flexibility index (Phi) is 7.65. The number of methoxy groups -OCH3 is 1.